The number of halogens is 11. The number of benzene rings is 1. The molecule has 23 heavy (non-hydrogen) atoms. The highest BCUT2D eigenvalue weighted by Gasteiger charge is 2.82. The summed E-state index contributed by atoms with van der Waals surface area (Å²) in [5, 5.41) is -1.97. The molecule has 0 aliphatic rings. The van der Waals surface area contributed by atoms with Gasteiger partial charge in [0.25, 0.3) is 0 Å². The first-order valence-electron chi connectivity index (χ1n) is 5.35. The zero-order chi connectivity index (χ0) is 18.4. The van der Waals surface area contributed by atoms with Crippen molar-refractivity contribution in [3.63, 3.8) is 0 Å². The molecule has 0 N–H and O–H groups in total. The quantitative estimate of drug-likeness (QED) is 0.575. The minimum absolute atomic E-state index is 0.525. The van der Waals surface area contributed by atoms with Crippen LogP contribution in [0.25, 0.3) is 0 Å². The van der Waals surface area contributed by atoms with E-state index < -0.39 is 45.3 Å². The summed E-state index contributed by atoms with van der Waals surface area (Å²) in [6.45, 7) is 0. The van der Waals surface area contributed by atoms with Gasteiger partial charge < -0.3 is 4.74 Å². The van der Waals surface area contributed by atoms with E-state index >= 15 is 0 Å². The Morgan fingerprint density at radius 2 is 1.22 bits per heavy atom. The van der Waals surface area contributed by atoms with Gasteiger partial charge in [-0.1, -0.05) is 23.2 Å². The van der Waals surface area contributed by atoms with Gasteiger partial charge in [-0.2, -0.15) is 39.5 Å². The average Bonchev–Trinajstić information content (AvgIpc) is 2.38. The number of hydrogen-bond acceptors (Lipinski definition) is 1. The molecule has 12 heteroatoms. The molecule has 132 valence electrons. The summed E-state index contributed by atoms with van der Waals surface area (Å²) in [4.78, 5) is 0. The van der Waals surface area contributed by atoms with Gasteiger partial charge in [0.1, 0.15) is 5.75 Å². The first-order chi connectivity index (χ1) is 10.1. The molecule has 0 amide bonds. The van der Waals surface area contributed by atoms with Crippen LogP contribution in [0.15, 0.2) is 12.1 Å². The summed E-state index contributed by atoms with van der Waals surface area (Å²) in [6, 6.07) is 1.33. The van der Waals surface area contributed by atoms with Crippen molar-refractivity contribution in [2.45, 2.75) is 23.9 Å². The van der Waals surface area contributed by atoms with Gasteiger partial charge >= 0.3 is 23.9 Å². The fourth-order valence-corrected chi connectivity index (χ4v) is 2.06. The van der Waals surface area contributed by atoms with Crippen molar-refractivity contribution in [3.05, 3.63) is 27.7 Å². The summed E-state index contributed by atoms with van der Waals surface area (Å²) in [6.07, 6.45) is -6.93. The lowest BCUT2D eigenvalue weighted by atomic mass is 9.96. The highest BCUT2D eigenvalue weighted by atomic mass is 35.5. The largest absolute Gasteiger partial charge is 0.495 e. The van der Waals surface area contributed by atoms with Gasteiger partial charge in [0.2, 0.25) is 0 Å². The third kappa shape index (κ3) is 2.90. The van der Waals surface area contributed by atoms with Crippen molar-refractivity contribution in [2.75, 3.05) is 7.11 Å². The third-order valence-corrected chi connectivity index (χ3v) is 3.33. The monoisotopic (exact) mass is 394 g/mol. The molecular formula is C11H5Cl2F9O. The predicted molar refractivity (Wildman–Crippen MR) is 62.9 cm³/mol. The standard InChI is InChI=1S/C11H5Cl2F9O/c1-23-7-5(13)3-2-4(12)6(7)8(14,15)9(16,17)10(18,19)11(20,21)22/h2-3H,1H3. The summed E-state index contributed by atoms with van der Waals surface area (Å²) >= 11 is 10.6. The lowest BCUT2D eigenvalue weighted by molar-refractivity contribution is -0.399. The van der Waals surface area contributed by atoms with E-state index in [2.05, 4.69) is 4.74 Å². The average molecular weight is 395 g/mol. The fraction of sp³-hybridized carbons (Fsp3) is 0.455. The van der Waals surface area contributed by atoms with Crippen LogP contribution in [0.2, 0.25) is 10.0 Å². The third-order valence-electron chi connectivity index (χ3n) is 2.72. The molecule has 1 aromatic carbocycles. The van der Waals surface area contributed by atoms with Crippen LogP contribution in [0.3, 0.4) is 0 Å². The topological polar surface area (TPSA) is 9.23 Å². The van der Waals surface area contributed by atoms with Crippen molar-refractivity contribution in [3.8, 4) is 5.75 Å². The molecule has 1 nitrogen and oxygen atoms in total. The lowest BCUT2D eigenvalue weighted by Crippen LogP contribution is -2.59. The maximum Gasteiger partial charge on any atom is 0.460 e. The second-order valence-corrected chi connectivity index (χ2v) is 4.97. The molecule has 0 unspecified atom stereocenters. The molecule has 0 heterocycles. The van der Waals surface area contributed by atoms with E-state index in [-0.39, 0.29) is 0 Å². The van der Waals surface area contributed by atoms with Crippen molar-refractivity contribution in [1.29, 1.82) is 0 Å². The zero-order valence-corrected chi connectivity index (χ0v) is 12.2. The molecule has 0 atom stereocenters. The number of alkyl halides is 9. The van der Waals surface area contributed by atoms with Gasteiger partial charge in [0.15, 0.2) is 0 Å². The van der Waals surface area contributed by atoms with E-state index in [1.165, 1.54) is 0 Å². The molecule has 0 aromatic heterocycles. The lowest BCUT2D eigenvalue weighted by Gasteiger charge is -2.34. The van der Waals surface area contributed by atoms with Gasteiger partial charge in [-0.15, -0.1) is 0 Å². The number of hydrogen-bond donors (Lipinski definition) is 0. The summed E-state index contributed by atoms with van der Waals surface area (Å²) in [7, 11) is 0.664. The maximum atomic E-state index is 13.9. The van der Waals surface area contributed by atoms with Crippen LogP contribution in [-0.4, -0.2) is 25.1 Å². The van der Waals surface area contributed by atoms with Crippen LogP contribution < -0.4 is 4.74 Å². The molecule has 0 saturated carbocycles. The van der Waals surface area contributed by atoms with Crippen LogP contribution in [0.1, 0.15) is 5.56 Å². The molecule has 0 aliphatic carbocycles. The molecule has 0 fully saturated rings. The van der Waals surface area contributed by atoms with E-state index in [1.54, 1.807) is 0 Å². The molecular weight excluding hydrogens is 390 g/mol. The second kappa shape index (κ2) is 5.80. The predicted octanol–water partition coefficient (Wildman–Crippen LogP) is 5.93. The molecule has 0 saturated heterocycles. The molecule has 0 spiro atoms. The van der Waals surface area contributed by atoms with Crippen molar-refractivity contribution in [2.24, 2.45) is 0 Å². The first-order valence-corrected chi connectivity index (χ1v) is 6.11. The van der Waals surface area contributed by atoms with Crippen molar-refractivity contribution < 1.29 is 44.3 Å². The van der Waals surface area contributed by atoms with Crippen molar-refractivity contribution >= 4 is 23.2 Å². The van der Waals surface area contributed by atoms with Gasteiger partial charge in [-0.25, -0.2) is 0 Å². The Morgan fingerprint density at radius 1 is 0.783 bits per heavy atom. The summed E-state index contributed by atoms with van der Waals surface area (Å²) in [5.74, 6) is -21.2. The Hall–Kier alpha value is -1.03. The number of methoxy groups -OCH3 is 1. The molecule has 0 radical (unpaired) electrons. The van der Waals surface area contributed by atoms with Crippen LogP contribution in [0.5, 0.6) is 5.75 Å². The summed E-state index contributed by atoms with van der Waals surface area (Å²) in [5.41, 5.74) is -2.08. The van der Waals surface area contributed by atoms with Gasteiger partial charge in [-0.3, -0.25) is 0 Å². The molecule has 0 bridgehead atoms. The fourth-order valence-electron chi connectivity index (χ4n) is 1.56. The molecule has 1 rings (SSSR count). The zero-order valence-electron chi connectivity index (χ0n) is 10.7. The number of ether oxygens (including phenoxy) is 1. The Labute approximate surface area is 132 Å². The second-order valence-electron chi connectivity index (χ2n) is 4.16. The van der Waals surface area contributed by atoms with Gasteiger partial charge in [-0.05, 0) is 12.1 Å². The molecule has 0 aliphatic heterocycles. The Kier molecular flexibility index (Phi) is 5.05. The van der Waals surface area contributed by atoms with Crippen LogP contribution in [0.4, 0.5) is 39.5 Å². The minimum atomic E-state index is -7.04. The maximum absolute atomic E-state index is 13.9. The van der Waals surface area contributed by atoms with E-state index in [4.69, 9.17) is 23.2 Å². The SMILES string of the molecule is COc1c(Cl)ccc(Cl)c1C(F)(F)C(F)(F)C(F)(F)C(F)(F)F. The highest BCUT2D eigenvalue weighted by Crippen LogP contribution is 2.59. The van der Waals surface area contributed by atoms with Crippen LogP contribution in [0, 0.1) is 0 Å². The van der Waals surface area contributed by atoms with Crippen LogP contribution in [-0.2, 0) is 5.92 Å². The highest BCUT2D eigenvalue weighted by molar-refractivity contribution is 6.35. The first kappa shape index (κ1) is 20.0. The van der Waals surface area contributed by atoms with Gasteiger partial charge in [0.05, 0.1) is 22.7 Å². The van der Waals surface area contributed by atoms with Gasteiger partial charge in [0, 0.05) is 0 Å². The smallest absolute Gasteiger partial charge is 0.460 e. The number of rotatable bonds is 4. The van der Waals surface area contributed by atoms with Crippen LogP contribution >= 0.6 is 23.2 Å². The normalized spacial score (nSPS) is 14.1. The van der Waals surface area contributed by atoms with E-state index in [0.29, 0.717) is 13.2 Å². The van der Waals surface area contributed by atoms with E-state index in [9.17, 15) is 39.5 Å². The van der Waals surface area contributed by atoms with E-state index in [0.717, 1.165) is 6.07 Å². The van der Waals surface area contributed by atoms with Crippen molar-refractivity contribution in [1.82, 2.24) is 0 Å². The summed E-state index contributed by atoms with van der Waals surface area (Å²) < 4.78 is 121. The Bertz CT molecular complexity index is 598. The Morgan fingerprint density at radius 3 is 1.61 bits per heavy atom. The molecule has 1 aromatic rings. The Balaban J connectivity index is 3.69. The van der Waals surface area contributed by atoms with E-state index in [1.807, 2.05) is 0 Å². The minimum Gasteiger partial charge on any atom is -0.495 e.